The molecule has 164 valence electrons. The van der Waals surface area contributed by atoms with Gasteiger partial charge in [-0.15, -0.1) is 0 Å². The Morgan fingerprint density at radius 3 is 2.44 bits per heavy atom. The lowest BCUT2D eigenvalue weighted by Crippen LogP contribution is -2.24. The molecule has 0 bridgehead atoms. The molecular weight excluding hydrogens is 421 g/mol. The van der Waals surface area contributed by atoms with Crippen molar-refractivity contribution >= 4 is 17.0 Å². The van der Waals surface area contributed by atoms with Crippen LogP contribution in [0.4, 0.5) is 19.1 Å². The van der Waals surface area contributed by atoms with E-state index in [4.69, 9.17) is 0 Å². The quantitative estimate of drug-likeness (QED) is 0.491. The maximum atomic E-state index is 14.6. The highest BCUT2D eigenvalue weighted by Gasteiger charge is 2.20. The Morgan fingerprint density at radius 2 is 1.78 bits per heavy atom. The Balaban J connectivity index is 2.12. The molecule has 0 unspecified atom stereocenters. The van der Waals surface area contributed by atoms with E-state index in [-0.39, 0.29) is 18.2 Å². The average molecular weight is 440 g/mol. The highest BCUT2D eigenvalue weighted by Crippen LogP contribution is 2.31. The number of aliphatic hydroxyl groups is 1. The minimum absolute atomic E-state index is 0.0360. The van der Waals surface area contributed by atoms with Crippen LogP contribution < -0.4 is 10.9 Å². The number of anilines is 1. The number of aryl methyl sites for hydroxylation is 1. The number of pyridine rings is 1. The summed E-state index contributed by atoms with van der Waals surface area (Å²) < 4.78 is 43.8. The van der Waals surface area contributed by atoms with Crippen LogP contribution in [0, 0.1) is 24.4 Å². The third kappa shape index (κ3) is 3.82. The van der Waals surface area contributed by atoms with Gasteiger partial charge in [-0.1, -0.05) is 6.07 Å². The van der Waals surface area contributed by atoms with Crippen LogP contribution in [-0.2, 0) is 0 Å². The molecule has 4 rings (SSSR count). The van der Waals surface area contributed by atoms with Gasteiger partial charge in [-0.3, -0.25) is 9.36 Å². The van der Waals surface area contributed by atoms with Gasteiger partial charge in [0.2, 0.25) is 5.95 Å². The van der Waals surface area contributed by atoms with Crippen molar-refractivity contribution in [3.8, 4) is 16.9 Å². The molecule has 0 saturated heterocycles. The summed E-state index contributed by atoms with van der Waals surface area (Å²) >= 11 is 0. The van der Waals surface area contributed by atoms with Crippen LogP contribution >= 0.6 is 0 Å². The summed E-state index contributed by atoms with van der Waals surface area (Å²) in [6, 6.07) is 9.61. The molecule has 2 N–H and O–H groups in total. The van der Waals surface area contributed by atoms with E-state index in [1.807, 2.05) is 0 Å². The van der Waals surface area contributed by atoms with E-state index in [0.29, 0.717) is 22.2 Å². The molecule has 4 aromatic rings. The molecule has 0 radical (unpaired) electrons. The number of fused-ring (bicyclic) bond motifs is 1. The first-order chi connectivity index (χ1) is 15.3. The van der Waals surface area contributed by atoms with E-state index in [9.17, 15) is 23.1 Å². The van der Waals surface area contributed by atoms with Gasteiger partial charge >= 0.3 is 0 Å². The van der Waals surface area contributed by atoms with Gasteiger partial charge < -0.3 is 10.4 Å². The second-order valence-electron chi connectivity index (χ2n) is 7.40. The van der Waals surface area contributed by atoms with Gasteiger partial charge in [0.15, 0.2) is 5.65 Å². The van der Waals surface area contributed by atoms with Crippen molar-refractivity contribution in [3.63, 3.8) is 0 Å². The van der Waals surface area contributed by atoms with Crippen LogP contribution in [0.3, 0.4) is 0 Å². The number of hydrogen-bond donors (Lipinski definition) is 2. The number of benzene rings is 2. The molecule has 9 heteroatoms. The summed E-state index contributed by atoms with van der Waals surface area (Å²) in [4.78, 5) is 21.6. The molecule has 0 amide bonds. The maximum absolute atomic E-state index is 14.6. The maximum Gasteiger partial charge on any atom is 0.256 e. The van der Waals surface area contributed by atoms with E-state index < -0.39 is 34.7 Å². The fourth-order valence-corrected chi connectivity index (χ4v) is 3.46. The van der Waals surface area contributed by atoms with Gasteiger partial charge in [0.25, 0.3) is 5.56 Å². The summed E-state index contributed by atoms with van der Waals surface area (Å²) in [5.41, 5.74) is 0.167. The van der Waals surface area contributed by atoms with Crippen LogP contribution in [0.2, 0.25) is 0 Å². The normalized spacial score (nSPS) is 12.2. The van der Waals surface area contributed by atoms with Crippen LogP contribution in [0.5, 0.6) is 0 Å². The number of nitrogens with one attached hydrogen (secondary N) is 1. The average Bonchev–Trinajstić information content (AvgIpc) is 2.74. The Labute approximate surface area is 181 Å². The first-order valence-electron chi connectivity index (χ1n) is 9.82. The van der Waals surface area contributed by atoms with E-state index in [2.05, 4.69) is 15.3 Å². The van der Waals surface area contributed by atoms with Crippen LogP contribution in [0.15, 0.2) is 53.3 Å². The highest BCUT2D eigenvalue weighted by molar-refractivity contribution is 5.93. The Bertz CT molecular complexity index is 1370. The number of nitrogens with zero attached hydrogens (tertiary/aromatic N) is 3. The lowest BCUT2D eigenvalue weighted by Gasteiger charge is -2.17. The molecule has 2 aromatic heterocycles. The molecule has 32 heavy (non-hydrogen) atoms. The smallest absolute Gasteiger partial charge is 0.256 e. The van der Waals surface area contributed by atoms with Gasteiger partial charge in [-0.2, -0.15) is 4.98 Å². The van der Waals surface area contributed by atoms with Crippen molar-refractivity contribution in [2.24, 2.45) is 0 Å². The summed E-state index contributed by atoms with van der Waals surface area (Å²) in [5.74, 6) is -2.26. The van der Waals surface area contributed by atoms with Gasteiger partial charge in [0.1, 0.15) is 23.1 Å². The van der Waals surface area contributed by atoms with E-state index >= 15 is 0 Å². The molecule has 0 saturated carbocycles. The number of aliphatic hydroxyl groups excluding tert-OH is 1. The third-order valence-electron chi connectivity index (χ3n) is 5.00. The van der Waals surface area contributed by atoms with Crippen LogP contribution in [-0.4, -0.2) is 32.3 Å². The molecule has 0 aliphatic heterocycles. The predicted octanol–water partition coefficient (Wildman–Crippen LogP) is 3.97. The molecule has 0 aliphatic rings. The van der Waals surface area contributed by atoms with E-state index in [1.165, 1.54) is 36.4 Å². The zero-order valence-corrected chi connectivity index (χ0v) is 17.2. The molecule has 2 heterocycles. The topological polar surface area (TPSA) is 80.0 Å². The molecule has 6 nitrogen and oxygen atoms in total. The Morgan fingerprint density at radius 1 is 1.06 bits per heavy atom. The standard InChI is InChI=1S/C23H19F3N4O2/c1-12-10-14(24)6-7-15(12)20-16-8-9-19(32)30(21-17(25)4-3-5-18(21)26)22(16)29-23(28-20)27-13(2)11-31/h3-10,13,31H,11H2,1-2H3,(H,27,28,29)/t13-/m1/s1. The summed E-state index contributed by atoms with van der Waals surface area (Å²) in [6.45, 7) is 3.16. The molecule has 0 aliphatic carbocycles. The van der Waals surface area contributed by atoms with E-state index in [0.717, 1.165) is 16.7 Å². The van der Waals surface area contributed by atoms with Crippen molar-refractivity contribution in [1.29, 1.82) is 0 Å². The van der Waals surface area contributed by atoms with Crippen LogP contribution in [0.1, 0.15) is 12.5 Å². The zero-order chi connectivity index (χ0) is 23.0. The fraction of sp³-hybridized carbons (Fsp3) is 0.174. The number of para-hydroxylation sites is 1. The molecule has 2 aromatic carbocycles. The first-order valence-corrected chi connectivity index (χ1v) is 9.82. The second-order valence-corrected chi connectivity index (χ2v) is 7.40. The lowest BCUT2D eigenvalue weighted by molar-refractivity contribution is 0.281. The molecular formula is C23H19F3N4O2. The van der Waals surface area contributed by atoms with Crippen molar-refractivity contribution < 1.29 is 18.3 Å². The van der Waals surface area contributed by atoms with Crippen molar-refractivity contribution in [2.75, 3.05) is 11.9 Å². The van der Waals surface area contributed by atoms with Crippen molar-refractivity contribution in [2.45, 2.75) is 19.9 Å². The fourth-order valence-electron chi connectivity index (χ4n) is 3.46. The highest BCUT2D eigenvalue weighted by atomic mass is 19.1. The molecule has 1 atom stereocenters. The monoisotopic (exact) mass is 440 g/mol. The van der Waals surface area contributed by atoms with Gasteiger partial charge in [-0.05, 0) is 55.8 Å². The van der Waals surface area contributed by atoms with Crippen molar-refractivity contribution in [1.82, 2.24) is 14.5 Å². The summed E-state index contributed by atoms with van der Waals surface area (Å²) in [6.07, 6.45) is 0. The Kier molecular flexibility index (Phi) is 5.67. The van der Waals surface area contributed by atoms with E-state index in [1.54, 1.807) is 13.8 Å². The van der Waals surface area contributed by atoms with Gasteiger partial charge in [0, 0.05) is 23.1 Å². The lowest BCUT2D eigenvalue weighted by atomic mass is 10.0. The van der Waals surface area contributed by atoms with Gasteiger partial charge in [-0.25, -0.2) is 18.2 Å². The molecule has 0 fully saturated rings. The SMILES string of the molecule is Cc1cc(F)ccc1-c1nc(N[C@H](C)CO)nc2c1ccc(=O)n2-c1c(F)cccc1F. The minimum atomic E-state index is -0.934. The summed E-state index contributed by atoms with van der Waals surface area (Å²) in [5, 5.41) is 12.6. The second kappa shape index (κ2) is 8.43. The van der Waals surface area contributed by atoms with Crippen LogP contribution in [0.25, 0.3) is 28.0 Å². The summed E-state index contributed by atoms with van der Waals surface area (Å²) in [7, 11) is 0. The first kappa shape index (κ1) is 21.5. The predicted molar refractivity (Wildman–Crippen MR) is 115 cm³/mol. The largest absolute Gasteiger partial charge is 0.394 e. The Hall–Kier alpha value is -3.72. The number of rotatable bonds is 5. The number of halogens is 3. The van der Waals surface area contributed by atoms with Crippen molar-refractivity contribution in [3.05, 3.63) is 81.9 Å². The minimum Gasteiger partial charge on any atom is -0.394 e. The number of aromatic nitrogens is 3. The zero-order valence-electron chi connectivity index (χ0n) is 17.2. The third-order valence-corrected chi connectivity index (χ3v) is 5.00. The molecule has 0 spiro atoms. The van der Waals surface area contributed by atoms with Gasteiger partial charge in [0.05, 0.1) is 12.3 Å². The number of hydrogen-bond acceptors (Lipinski definition) is 5.